The Hall–Kier alpha value is -1.18. The molecule has 0 aliphatic rings. The third-order valence-electron chi connectivity index (χ3n) is 7.97. The van der Waals surface area contributed by atoms with Crippen LogP contribution in [0.15, 0.2) is 0 Å². The molecule has 0 spiro atoms. The van der Waals surface area contributed by atoms with Crippen LogP contribution < -0.4 is 5.11 Å². The van der Waals surface area contributed by atoms with Crippen LogP contribution in [0.1, 0.15) is 155 Å². The largest absolute Gasteiger partial charge is 0.544 e. The molecule has 0 bridgehead atoms. The van der Waals surface area contributed by atoms with Crippen molar-refractivity contribution in [3.8, 4) is 0 Å². The summed E-state index contributed by atoms with van der Waals surface area (Å²) in [5.41, 5.74) is 0. The SMILES string of the molecule is CCCCCCCCCCCCCCCCCCCCCCCC(=O)OCC(O)COCCC(C(=O)[O-])[N+](C)(C)C. The molecule has 0 aromatic carbocycles. The van der Waals surface area contributed by atoms with E-state index in [0.29, 0.717) is 6.42 Å². The molecular weight excluding hydrogens is 518 g/mol. The molecule has 0 aromatic rings. The minimum Gasteiger partial charge on any atom is -0.544 e. The monoisotopic (exact) mass is 585 g/mol. The molecule has 0 aliphatic heterocycles. The first-order chi connectivity index (χ1) is 19.7. The van der Waals surface area contributed by atoms with Gasteiger partial charge in [-0.15, -0.1) is 0 Å². The summed E-state index contributed by atoms with van der Waals surface area (Å²) in [4.78, 5) is 23.2. The number of unbranched alkanes of at least 4 members (excludes halogenated alkanes) is 20. The predicted octanol–water partition coefficient (Wildman–Crippen LogP) is 6.72. The number of esters is 1. The van der Waals surface area contributed by atoms with E-state index in [4.69, 9.17) is 9.47 Å². The third-order valence-corrected chi connectivity index (χ3v) is 7.97. The smallest absolute Gasteiger partial charge is 0.305 e. The fourth-order valence-corrected chi connectivity index (χ4v) is 5.25. The lowest BCUT2D eigenvalue weighted by atomic mass is 10.0. The minimum absolute atomic E-state index is 0.00352. The average Bonchev–Trinajstić information content (AvgIpc) is 2.91. The Morgan fingerprint density at radius 2 is 1.05 bits per heavy atom. The summed E-state index contributed by atoms with van der Waals surface area (Å²) >= 11 is 0. The van der Waals surface area contributed by atoms with Gasteiger partial charge in [-0.3, -0.25) is 4.79 Å². The summed E-state index contributed by atoms with van der Waals surface area (Å²) in [5.74, 6) is -1.40. The van der Waals surface area contributed by atoms with E-state index < -0.39 is 18.1 Å². The molecule has 2 atom stereocenters. The van der Waals surface area contributed by atoms with Crippen LogP contribution >= 0.6 is 0 Å². The molecule has 0 fully saturated rings. The molecule has 0 saturated heterocycles. The number of rotatable bonds is 31. The van der Waals surface area contributed by atoms with Crippen molar-refractivity contribution in [3.63, 3.8) is 0 Å². The van der Waals surface area contributed by atoms with Gasteiger partial charge in [-0.25, -0.2) is 0 Å². The molecule has 1 N–H and O–H groups in total. The number of likely N-dealkylation sites (N-methyl/N-ethyl adjacent to an activating group) is 1. The van der Waals surface area contributed by atoms with Gasteiger partial charge in [0.05, 0.1) is 40.3 Å². The zero-order valence-electron chi connectivity index (χ0n) is 27.5. The van der Waals surface area contributed by atoms with Crippen LogP contribution in [0.4, 0.5) is 0 Å². The number of carboxylic acid groups (broad SMARTS) is 1. The number of ether oxygens (including phenoxy) is 2. The van der Waals surface area contributed by atoms with Gasteiger partial charge in [0.15, 0.2) is 0 Å². The molecule has 7 heteroatoms. The fourth-order valence-electron chi connectivity index (χ4n) is 5.25. The molecule has 7 nitrogen and oxygen atoms in total. The molecule has 0 heterocycles. The van der Waals surface area contributed by atoms with E-state index in [-0.39, 0.29) is 36.7 Å². The summed E-state index contributed by atoms with van der Waals surface area (Å²) in [6.07, 6.45) is 27.7. The van der Waals surface area contributed by atoms with Crippen LogP contribution in [0.3, 0.4) is 0 Å². The van der Waals surface area contributed by atoms with Crippen LogP contribution in [0.5, 0.6) is 0 Å². The van der Waals surface area contributed by atoms with E-state index in [1.54, 1.807) is 21.1 Å². The molecule has 41 heavy (non-hydrogen) atoms. The second-order valence-electron chi connectivity index (χ2n) is 13.0. The van der Waals surface area contributed by atoms with Crippen molar-refractivity contribution in [1.29, 1.82) is 0 Å². The van der Waals surface area contributed by atoms with Gasteiger partial charge in [-0.2, -0.15) is 0 Å². The summed E-state index contributed by atoms with van der Waals surface area (Å²) < 4.78 is 10.8. The fraction of sp³-hybridized carbons (Fsp3) is 0.941. The van der Waals surface area contributed by atoms with Gasteiger partial charge in [-0.1, -0.05) is 135 Å². The Morgan fingerprint density at radius 3 is 1.41 bits per heavy atom. The molecule has 0 aromatic heterocycles. The highest BCUT2D eigenvalue weighted by Gasteiger charge is 2.24. The predicted molar refractivity (Wildman–Crippen MR) is 166 cm³/mol. The topological polar surface area (TPSA) is 95.9 Å². The number of carboxylic acids is 1. The second kappa shape index (κ2) is 27.6. The lowest BCUT2D eigenvalue weighted by Gasteiger charge is -2.34. The molecule has 0 saturated carbocycles. The Balaban J connectivity index is 3.40. The number of aliphatic hydroxyl groups excluding tert-OH is 1. The number of aliphatic hydroxyl groups is 1. The highest BCUT2D eigenvalue weighted by atomic mass is 16.5. The number of hydrogen-bond donors (Lipinski definition) is 1. The van der Waals surface area contributed by atoms with Gasteiger partial charge in [0.25, 0.3) is 0 Å². The van der Waals surface area contributed by atoms with E-state index in [1.807, 2.05) is 0 Å². The van der Waals surface area contributed by atoms with Crippen LogP contribution in [0.2, 0.25) is 0 Å². The highest BCUT2D eigenvalue weighted by Crippen LogP contribution is 2.15. The molecule has 244 valence electrons. The van der Waals surface area contributed by atoms with E-state index in [0.717, 1.165) is 19.3 Å². The van der Waals surface area contributed by atoms with Gasteiger partial charge in [-0.05, 0) is 6.42 Å². The Morgan fingerprint density at radius 1 is 0.659 bits per heavy atom. The van der Waals surface area contributed by atoms with E-state index in [9.17, 15) is 19.8 Å². The zero-order chi connectivity index (χ0) is 30.6. The molecule has 0 aliphatic carbocycles. The summed E-state index contributed by atoms with van der Waals surface area (Å²) in [6.45, 7) is 2.38. The van der Waals surface area contributed by atoms with E-state index >= 15 is 0 Å². The molecule has 0 rings (SSSR count). The first-order valence-electron chi connectivity index (χ1n) is 17.1. The Bertz CT molecular complexity index is 607. The van der Waals surface area contributed by atoms with Crippen molar-refractivity contribution in [3.05, 3.63) is 0 Å². The summed E-state index contributed by atoms with van der Waals surface area (Å²) in [5, 5.41) is 21.2. The van der Waals surface area contributed by atoms with Crippen LogP contribution in [-0.2, 0) is 19.1 Å². The average molecular weight is 586 g/mol. The Labute approximate surface area is 253 Å². The third kappa shape index (κ3) is 27.4. The number of aliphatic carboxylic acids is 1. The molecule has 0 radical (unpaired) electrons. The number of quaternary nitrogens is 1. The summed E-state index contributed by atoms with van der Waals surface area (Å²) in [6, 6.07) is -0.682. The zero-order valence-corrected chi connectivity index (χ0v) is 27.5. The Kier molecular flexibility index (Phi) is 26.8. The van der Waals surface area contributed by atoms with E-state index in [2.05, 4.69) is 6.92 Å². The van der Waals surface area contributed by atoms with Crippen molar-refractivity contribution >= 4 is 11.9 Å². The van der Waals surface area contributed by atoms with Crippen LogP contribution in [0, 0.1) is 0 Å². The van der Waals surface area contributed by atoms with Crippen LogP contribution in [0.25, 0.3) is 0 Å². The lowest BCUT2D eigenvalue weighted by Crippen LogP contribution is -2.55. The first kappa shape index (κ1) is 39.8. The standard InChI is InChI=1S/C34H67NO6/c1-5-6-7-8-9-10-11-12-13-14-15-16-17-18-19-20-21-22-23-24-25-26-33(37)41-30-31(36)29-40-28-27-32(34(38)39)35(2,3)4/h31-32,36H,5-30H2,1-4H3. The maximum atomic E-state index is 11.9. The number of hydrogen-bond acceptors (Lipinski definition) is 6. The van der Waals surface area contributed by atoms with Crippen molar-refractivity contribution < 1.29 is 33.8 Å². The van der Waals surface area contributed by atoms with Gasteiger partial charge in [0.1, 0.15) is 18.8 Å². The minimum atomic E-state index is -1.12. The molecule has 2 unspecified atom stereocenters. The van der Waals surface area contributed by atoms with Gasteiger partial charge in [0, 0.05) is 12.8 Å². The van der Waals surface area contributed by atoms with Crippen molar-refractivity contribution in [2.24, 2.45) is 0 Å². The van der Waals surface area contributed by atoms with Crippen molar-refractivity contribution in [1.82, 2.24) is 0 Å². The van der Waals surface area contributed by atoms with Gasteiger partial charge < -0.3 is 29.0 Å². The van der Waals surface area contributed by atoms with Crippen molar-refractivity contribution in [2.75, 3.05) is 41.0 Å². The maximum Gasteiger partial charge on any atom is 0.305 e. The molecule has 0 amide bonds. The van der Waals surface area contributed by atoms with Crippen LogP contribution in [-0.4, -0.2) is 74.6 Å². The first-order valence-corrected chi connectivity index (χ1v) is 17.1. The number of carbonyl (C=O) groups excluding carboxylic acids is 2. The van der Waals surface area contributed by atoms with Gasteiger partial charge in [0.2, 0.25) is 0 Å². The molecular formula is C34H67NO6. The number of nitrogens with zero attached hydrogens (tertiary/aromatic N) is 1. The quantitative estimate of drug-likeness (QED) is 0.0551. The summed E-state index contributed by atoms with van der Waals surface area (Å²) in [7, 11) is 5.37. The highest BCUT2D eigenvalue weighted by molar-refractivity contribution is 5.69. The number of carbonyl (C=O) groups is 2. The van der Waals surface area contributed by atoms with Crippen molar-refractivity contribution in [2.45, 2.75) is 167 Å². The normalized spacial score (nSPS) is 13.3. The van der Waals surface area contributed by atoms with E-state index in [1.165, 1.54) is 116 Å². The maximum absolute atomic E-state index is 11.9. The lowest BCUT2D eigenvalue weighted by molar-refractivity contribution is -0.889. The second-order valence-corrected chi connectivity index (χ2v) is 13.0. The van der Waals surface area contributed by atoms with Gasteiger partial charge >= 0.3 is 5.97 Å².